The Hall–Kier alpha value is -3.34. The predicted molar refractivity (Wildman–Crippen MR) is 203 cm³/mol. The van der Waals surface area contributed by atoms with Crippen molar-refractivity contribution in [3.05, 3.63) is 0 Å². The molecule has 6 amide bonds. The van der Waals surface area contributed by atoms with E-state index in [0.29, 0.717) is 25.7 Å². The van der Waals surface area contributed by atoms with E-state index < -0.39 is 77.8 Å². The topological polar surface area (TPSA) is 253 Å². The van der Waals surface area contributed by atoms with Crippen LogP contribution in [0.1, 0.15) is 105 Å². The molecule has 53 heavy (non-hydrogen) atoms. The molecule has 0 spiro atoms. The molecular formula is C37H69N9O7. The van der Waals surface area contributed by atoms with Gasteiger partial charge in [0.05, 0.1) is 24.7 Å². The largest absolute Gasteiger partial charge is 0.375 e. The van der Waals surface area contributed by atoms with Crippen molar-refractivity contribution in [2.75, 3.05) is 33.3 Å². The maximum atomic E-state index is 14.2. The van der Waals surface area contributed by atoms with Crippen LogP contribution in [-0.4, -0.2) is 116 Å². The number of nitrogens with two attached hydrogens (primary N) is 3. The molecule has 304 valence electrons. The van der Waals surface area contributed by atoms with E-state index in [2.05, 4.69) is 33.5 Å². The third-order valence-corrected chi connectivity index (χ3v) is 10.3. The van der Waals surface area contributed by atoms with Crippen molar-refractivity contribution in [3.63, 3.8) is 0 Å². The molecule has 2 fully saturated rings. The number of ether oxygens (including phenoxy) is 1. The minimum Gasteiger partial charge on any atom is -0.375 e. The fourth-order valence-electron chi connectivity index (χ4n) is 6.95. The number of unbranched alkanes of at least 4 members (excludes halogenated alkanes) is 3. The maximum Gasteiger partial charge on any atom is 0.244 e. The van der Waals surface area contributed by atoms with E-state index in [9.17, 15) is 28.8 Å². The van der Waals surface area contributed by atoms with Crippen LogP contribution in [0.3, 0.4) is 0 Å². The van der Waals surface area contributed by atoms with Gasteiger partial charge in [0.1, 0.15) is 24.2 Å². The van der Waals surface area contributed by atoms with Crippen molar-refractivity contribution in [1.82, 2.24) is 31.5 Å². The summed E-state index contributed by atoms with van der Waals surface area (Å²) < 4.78 is 6.35. The SMILES string of the molecule is CCCCCC[C@H]1OC[C@@H](C)NC(=O)[C@H](CNC(=O)[C@H](N)CN)NC(=O)[C@H](CN)NC(=O)[C@H](C2CCCCC2)NC(=O)[C@H](CC(C)C)N(C)C(=O)[C@@H]1C. The highest BCUT2D eigenvalue weighted by Gasteiger charge is 2.39. The van der Waals surface area contributed by atoms with Gasteiger partial charge in [-0.3, -0.25) is 28.8 Å². The van der Waals surface area contributed by atoms with Gasteiger partial charge in [-0.2, -0.15) is 0 Å². The second-order valence-corrected chi connectivity index (χ2v) is 15.3. The van der Waals surface area contributed by atoms with Crippen LogP contribution in [0.15, 0.2) is 0 Å². The van der Waals surface area contributed by atoms with Gasteiger partial charge in [0.2, 0.25) is 35.4 Å². The van der Waals surface area contributed by atoms with Crippen molar-refractivity contribution in [1.29, 1.82) is 0 Å². The van der Waals surface area contributed by atoms with Gasteiger partial charge in [-0.1, -0.05) is 72.6 Å². The lowest BCUT2D eigenvalue weighted by molar-refractivity contribution is -0.147. The molecule has 1 saturated heterocycles. The Morgan fingerprint density at radius 1 is 0.887 bits per heavy atom. The summed E-state index contributed by atoms with van der Waals surface area (Å²) in [6.45, 7) is 8.88. The highest BCUT2D eigenvalue weighted by atomic mass is 16.5. The van der Waals surface area contributed by atoms with Crippen molar-refractivity contribution >= 4 is 35.4 Å². The predicted octanol–water partition coefficient (Wildman–Crippen LogP) is -0.235. The first-order valence-electron chi connectivity index (χ1n) is 19.7. The molecule has 11 N–H and O–H groups in total. The van der Waals surface area contributed by atoms with Crippen LogP contribution < -0.4 is 43.8 Å². The Labute approximate surface area is 315 Å². The lowest BCUT2D eigenvalue weighted by Gasteiger charge is -2.36. The number of carbonyl (C=O) groups is 6. The third-order valence-electron chi connectivity index (χ3n) is 10.3. The molecule has 2 aliphatic rings. The summed E-state index contributed by atoms with van der Waals surface area (Å²) in [5.41, 5.74) is 17.3. The first-order valence-corrected chi connectivity index (χ1v) is 19.7. The van der Waals surface area contributed by atoms with Gasteiger partial charge in [0, 0.05) is 32.7 Å². The minimum atomic E-state index is -1.28. The minimum absolute atomic E-state index is 0.0526. The van der Waals surface area contributed by atoms with Gasteiger partial charge in [0.25, 0.3) is 0 Å². The first kappa shape index (κ1) is 45.8. The number of nitrogens with one attached hydrogen (secondary N) is 5. The molecule has 1 aliphatic carbocycles. The van der Waals surface area contributed by atoms with Gasteiger partial charge in [-0.05, 0) is 44.4 Å². The molecule has 1 heterocycles. The third kappa shape index (κ3) is 14.8. The van der Waals surface area contributed by atoms with Crippen LogP contribution in [0.4, 0.5) is 0 Å². The number of hydrogen-bond donors (Lipinski definition) is 8. The number of carbonyl (C=O) groups excluding carboxylic acids is 6. The quantitative estimate of drug-likeness (QED) is 0.115. The molecule has 0 aromatic rings. The van der Waals surface area contributed by atoms with Gasteiger partial charge < -0.3 is 53.4 Å². The Kier molecular flexibility index (Phi) is 20.3. The van der Waals surface area contributed by atoms with Crippen LogP contribution in [0.25, 0.3) is 0 Å². The zero-order valence-corrected chi connectivity index (χ0v) is 32.9. The summed E-state index contributed by atoms with van der Waals surface area (Å²) in [5, 5.41) is 13.7. The van der Waals surface area contributed by atoms with Crippen molar-refractivity contribution in [2.24, 2.45) is 35.0 Å². The van der Waals surface area contributed by atoms with Crippen LogP contribution in [-0.2, 0) is 33.5 Å². The molecule has 0 aromatic heterocycles. The highest BCUT2D eigenvalue weighted by molar-refractivity contribution is 5.96. The van der Waals surface area contributed by atoms with Crippen molar-refractivity contribution in [2.45, 2.75) is 148 Å². The summed E-state index contributed by atoms with van der Waals surface area (Å²) in [6, 6.07) is -5.99. The smallest absolute Gasteiger partial charge is 0.244 e. The molecule has 0 unspecified atom stereocenters. The first-order chi connectivity index (χ1) is 25.1. The number of hydrogen-bond acceptors (Lipinski definition) is 10. The van der Waals surface area contributed by atoms with E-state index in [-0.39, 0.29) is 44.0 Å². The monoisotopic (exact) mass is 752 g/mol. The zero-order chi connectivity index (χ0) is 39.7. The molecule has 2 rings (SSSR count). The molecule has 0 aromatic carbocycles. The summed E-state index contributed by atoms with van der Waals surface area (Å²) in [6.07, 6.45) is 8.49. The molecular weight excluding hydrogens is 682 g/mol. The molecule has 0 radical (unpaired) electrons. The van der Waals surface area contributed by atoms with Gasteiger partial charge in [-0.25, -0.2) is 0 Å². The van der Waals surface area contributed by atoms with Gasteiger partial charge in [0.15, 0.2) is 0 Å². The Bertz CT molecular complexity index is 1200. The molecule has 16 nitrogen and oxygen atoms in total. The maximum absolute atomic E-state index is 14.2. The van der Waals surface area contributed by atoms with E-state index in [4.69, 9.17) is 21.9 Å². The fourth-order valence-corrected chi connectivity index (χ4v) is 6.95. The standard InChI is InChI=1S/C37H69N9O7/c1-7-8-9-13-16-30-24(5)37(52)46(6)29(17-22(2)3)35(50)45-31(25-14-11-10-12-15-25)36(51)43-27(19-39)33(48)44-28(20-41-32(47)26(40)18-38)34(49)42-23(4)21-53-30/h22-31H,7-21,38-40H2,1-6H3,(H,41,47)(H,42,49)(H,43,51)(H,44,48)(H,45,50)/t23-,24-,26-,27+,28+,29+,30-,31+/m1/s1. The second kappa shape index (κ2) is 23.4. The lowest BCUT2D eigenvalue weighted by Crippen LogP contribution is -2.63. The highest BCUT2D eigenvalue weighted by Crippen LogP contribution is 2.28. The van der Waals surface area contributed by atoms with E-state index in [1.54, 1.807) is 20.9 Å². The average molecular weight is 752 g/mol. The number of rotatable bonds is 13. The Morgan fingerprint density at radius 2 is 1.53 bits per heavy atom. The van der Waals surface area contributed by atoms with E-state index >= 15 is 0 Å². The van der Waals surface area contributed by atoms with Crippen molar-refractivity contribution < 1.29 is 33.5 Å². The molecule has 1 aliphatic heterocycles. The number of likely N-dealkylation sites (N-methyl/N-ethyl adjacent to an activating group) is 1. The summed E-state index contributed by atoms with van der Waals surface area (Å²) in [4.78, 5) is 83.6. The van der Waals surface area contributed by atoms with Crippen LogP contribution in [0.2, 0.25) is 0 Å². The van der Waals surface area contributed by atoms with E-state index in [1.807, 2.05) is 13.8 Å². The summed E-state index contributed by atoms with van der Waals surface area (Å²) in [5.74, 6) is -4.05. The van der Waals surface area contributed by atoms with Crippen LogP contribution in [0, 0.1) is 17.8 Å². The second-order valence-electron chi connectivity index (χ2n) is 15.3. The summed E-state index contributed by atoms with van der Waals surface area (Å²) >= 11 is 0. The van der Waals surface area contributed by atoms with Gasteiger partial charge >= 0.3 is 0 Å². The molecule has 16 heteroatoms. The Morgan fingerprint density at radius 3 is 2.13 bits per heavy atom. The Balaban J connectivity index is 2.57. The molecule has 0 bridgehead atoms. The molecule has 1 saturated carbocycles. The number of nitrogens with zero attached hydrogens (tertiary/aromatic N) is 1. The number of amides is 6. The van der Waals surface area contributed by atoms with Crippen molar-refractivity contribution in [3.8, 4) is 0 Å². The zero-order valence-electron chi connectivity index (χ0n) is 32.9. The summed E-state index contributed by atoms with van der Waals surface area (Å²) in [7, 11) is 1.62. The molecule has 8 atom stereocenters. The van der Waals surface area contributed by atoms with Gasteiger partial charge in [-0.15, -0.1) is 0 Å². The average Bonchev–Trinajstić information content (AvgIpc) is 3.14. The normalized spacial score (nSPS) is 28.5. The van der Waals surface area contributed by atoms with Crippen LogP contribution in [0.5, 0.6) is 0 Å². The van der Waals surface area contributed by atoms with E-state index in [1.165, 1.54) is 4.90 Å². The van der Waals surface area contributed by atoms with E-state index in [0.717, 1.165) is 44.9 Å². The fraction of sp³-hybridized carbons (Fsp3) is 0.838. The lowest BCUT2D eigenvalue weighted by atomic mass is 9.83. The van der Waals surface area contributed by atoms with Crippen LogP contribution >= 0.6 is 0 Å².